The molecule has 2 heterocycles. The Balaban J connectivity index is 1.14. The zero-order valence-electron chi connectivity index (χ0n) is 23.3. The number of amides is 1. The lowest BCUT2D eigenvalue weighted by molar-refractivity contribution is -0.137. The van der Waals surface area contributed by atoms with Gasteiger partial charge < -0.3 is 9.73 Å². The van der Waals surface area contributed by atoms with Gasteiger partial charge in [0.2, 0.25) is 11.7 Å². The van der Waals surface area contributed by atoms with Gasteiger partial charge in [0.1, 0.15) is 0 Å². The zero-order chi connectivity index (χ0) is 30.1. The maximum atomic E-state index is 13.4. The number of carbonyl (C=O) groups is 1. The molecule has 0 radical (unpaired) electrons. The van der Waals surface area contributed by atoms with Crippen molar-refractivity contribution in [2.75, 3.05) is 12.3 Å². The van der Waals surface area contributed by atoms with Gasteiger partial charge in [0.25, 0.3) is 0 Å². The van der Waals surface area contributed by atoms with Crippen LogP contribution in [-0.4, -0.2) is 33.0 Å². The van der Waals surface area contributed by atoms with Crippen LogP contribution in [0.4, 0.5) is 13.2 Å². The van der Waals surface area contributed by atoms with Gasteiger partial charge in [-0.2, -0.15) is 13.2 Å². The number of rotatable bonds is 13. The Kier molecular flexibility index (Phi) is 9.99. The molecule has 0 atom stereocenters. The summed E-state index contributed by atoms with van der Waals surface area (Å²) in [6.45, 7) is 0.567. The molecule has 1 N–H and O–H groups in total. The second kappa shape index (κ2) is 14.2. The van der Waals surface area contributed by atoms with Gasteiger partial charge in [0, 0.05) is 24.6 Å². The zero-order valence-corrected chi connectivity index (χ0v) is 24.2. The van der Waals surface area contributed by atoms with Crippen molar-refractivity contribution >= 4 is 17.7 Å². The second-order valence-electron chi connectivity index (χ2n) is 9.99. The van der Waals surface area contributed by atoms with Gasteiger partial charge in [0.15, 0.2) is 10.9 Å². The number of thioether (sulfide) groups is 1. The molecular weight excluding hydrogens is 573 g/mol. The van der Waals surface area contributed by atoms with Gasteiger partial charge in [0.05, 0.1) is 17.5 Å². The van der Waals surface area contributed by atoms with Gasteiger partial charge in [-0.25, -0.2) is 0 Å². The first-order chi connectivity index (χ1) is 20.9. The molecule has 0 spiro atoms. The van der Waals surface area contributed by atoms with E-state index < -0.39 is 11.7 Å². The molecule has 0 bridgehead atoms. The van der Waals surface area contributed by atoms with E-state index in [-0.39, 0.29) is 17.5 Å². The van der Waals surface area contributed by atoms with Crippen LogP contribution >= 0.6 is 11.8 Å². The van der Waals surface area contributed by atoms with E-state index >= 15 is 0 Å². The van der Waals surface area contributed by atoms with Crippen LogP contribution < -0.4 is 5.32 Å². The van der Waals surface area contributed by atoms with Crippen LogP contribution in [0, 0.1) is 0 Å². The number of benzene rings is 3. The van der Waals surface area contributed by atoms with Crippen LogP contribution in [0.2, 0.25) is 0 Å². The normalized spacial score (nSPS) is 11.6. The van der Waals surface area contributed by atoms with E-state index in [0.717, 1.165) is 25.0 Å². The van der Waals surface area contributed by atoms with Crippen molar-refractivity contribution in [1.82, 2.24) is 20.1 Å². The van der Waals surface area contributed by atoms with Crippen molar-refractivity contribution in [2.45, 2.75) is 42.9 Å². The molecule has 0 aliphatic heterocycles. The third kappa shape index (κ3) is 7.95. The minimum Gasteiger partial charge on any atom is -0.461 e. The first-order valence-electron chi connectivity index (χ1n) is 14.1. The molecular formula is C33H31F3N4O2S. The number of halogens is 3. The summed E-state index contributed by atoms with van der Waals surface area (Å²) in [5.74, 6) is 1.52. The largest absolute Gasteiger partial charge is 0.461 e. The summed E-state index contributed by atoms with van der Waals surface area (Å²) in [4.78, 5) is 12.6. The summed E-state index contributed by atoms with van der Waals surface area (Å²) >= 11 is 1.38. The third-order valence-corrected chi connectivity index (χ3v) is 8.01. The highest BCUT2D eigenvalue weighted by Crippen LogP contribution is 2.34. The minimum absolute atomic E-state index is 0.00267. The number of nitrogens with one attached hydrogen (secondary N) is 1. The van der Waals surface area contributed by atoms with Crippen molar-refractivity contribution < 1.29 is 22.4 Å². The number of aromatic nitrogens is 3. The third-order valence-electron chi connectivity index (χ3n) is 7.00. The predicted octanol–water partition coefficient (Wildman–Crippen LogP) is 8.15. The number of carbonyl (C=O) groups excluding carboxylic acids is 1. The molecule has 5 aromatic rings. The number of furan rings is 1. The Bertz CT molecular complexity index is 1550. The Morgan fingerprint density at radius 2 is 1.60 bits per heavy atom. The smallest absolute Gasteiger partial charge is 0.416 e. The lowest BCUT2D eigenvalue weighted by atomic mass is 9.88. The summed E-state index contributed by atoms with van der Waals surface area (Å²) in [6, 6.07) is 29.0. The first kappa shape index (κ1) is 30.2. The molecule has 3 aromatic carbocycles. The van der Waals surface area contributed by atoms with Gasteiger partial charge in [-0.05, 0) is 60.7 Å². The van der Waals surface area contributed by atoms with Crippen LogP contribution in [0.1, 0.15) is 48.3 Å². The van der Waals surface area contributed by atoms with E-state index in [1.807, 2.05) is 36.4 Å². The van der Waals surface area contributed by atoms with E-state index in [0.29, 0.717) is 41.9 Å². The Morgan fingerprint density at radius 3 is 2.26 bits per heavy atom. The Hall–Kier alpha value is -4.31. The monoisotopic (exact) mass is 604 g/mol. The molecule has 6 nitrogen and oxygen atoms in total. The van der Waals surface area contributed by atoms with Crippen LogP contribution in [0.15, 0.2) is 113 Å². The molecule has 222 valence electrons. The summed E-state index contributed by atoms with van der Waals surface area (Å²) < 4.78 is 47.3. The number of alkyl halides is 3. The van der Waals surface area contributed by atoms with Gasteiger partial charge >= 0.3 is 6.18 Å². The van der Waals surface area contributed by atoms with Crippen LogP contribution in [0.25, 0.3) is 17.3 Å². The lowest BCUT2D eigenvalue weighted by Gasteiger charge is -2.18. The summed E-state index contributed by atoms with van der Waals surface area (Å²) in [7, 11) is 0. The van der Waals surface area contributed by atoms with E-state index in [1.165, 1.54) is 35.2 Å². The average molecular weight is 605 g/mol. The second-order valence-corrected chi connectivity index (χ2v) is 11.0. The number of nitrogens with zero attached hydrogens (tertiary/aromatic N) is 3. The standard InChI is InChI=1S/C33H31F3N4O2S/c34-33(35,36)26-15-9-16-27(23-26)40-31(29-17-10-21-42-29)38-39-32(40)43-22-8-7-18-30(41)37-20-19-28(24-11-3-1-4-12-24)25-13-5-2-6-14-25/h1-6,9-17,21,23,28H,7-8,18-20,22H2,(H,37,41). The van der Waals surface area contributed by atoms with Gasteiger partial charge in [-0.1, -0.05) is 78.5 Å². The maximum Gasteiger partial charge on any atom is 0.416 e. The fraction of sp³-hybridized carbons (Fsp3) is 0.242. The topological polar surface area (TPSA) is 73.0 Å². The maximum absolute atomic E-state index is 13.4. The van der Waals surface area contributed by atoms with E-state index in [4.69, 9.17) is 4.42 Å². The van der Waals surface area contributed by atoms with Crippen LogP contribution in [0.5, 0.6) is 0 Å². The molecule has 0 saturated heterocycles. The fourth-order valence-corrected chi connectivity index (χ4v) is 5.83. The minimum atomic E-state index is -4.48. The van der Waals surface area contributed by atoms with Crippen molar-refractivity contribution in [2.24, 2.45) is 0 Å². The number of unbranched alkanes of at least 4 members (excludes halogenated alkanes) is 1. The fourth-order valence-electron chi connectivity index (χ4n) is 4.87. The summed E-state index contributed by atoms with van der Waals surface area (Å²) in [6.07, 6.45) is -0.435. The highest BCUT2D eigenvalue weighted by atomic mass is 32.2. The van der Waals surface area contributed by atoms with Crippen molar-refractivity contribution in [3.63, 3.8) is 0 Å². The van der Waals surface area contributed by atoms with Crippen molar-refractivity contribution in [1.29, 1.82) is 0 Å². The quantitative estimate of drug-likeness (QED) is 0.108. The van der Waals surface area contributed by atoms with Crippen LogP contribution in [-0.2, 0) is 11.0 Å². The molecule has 0 saturated carbocycles. The van der Waals surface area contributed by atoms with E-state index in [9.17, 15) is 18.0 Å². The molecule has 1 amide bonds. The summed E-state index contributed by atoms with van der Waals surface area (Å²) in [5, 5.41) is 11.9. The lowest BCUT2D eigenvalue weighted by Crippen LogP contribution is -2.25. The molecule has 0 aliphatic carbocycles. The molecule has 2 aromatic heterocycles. The van der Waals surface area contributed by atoms with E-state index in [2.05, 4.69) is 39.8 Å². The van der Waals surface area contributed by atoms with E-state index in [1.54, 1.807) is 22.8 Å². The molecule has 0 aliphatic rings. The predicted molar refractivity (Wildman–Crippen MR) is 161 cm³/mol. The molecule has 5 rings (SSSR count). The molecule has 43 heavy (non-hydrogen) atoms. The van der Waals surface area contributed by atoms with Crippen molar-refractivity contribution in [3.8, 4) is 17.3 Å². The Morgan fingerprint density at radius 1 is 0.884 bits per heavy atom. The molecule has 0 fully saturated rings. The number of hydrogen-bond acceptors (Lipinski definition) is 5. The number of hydrogen-bond donors (Lipinski definition) is 1. The Labute approximate surface area is 252 Å². The SMILES string of the molecule is O=C(CCCCSc1nnc(-c2ccco2)n1-c1cccc(C(F)(F)F)c1)NCCC(c1ccccc1)c1ccccc1. The first-order valence-corrected chi connectivity index (χ1v) is 15.0. The van der Waals surface area contributed by atoms with Crippen LogP contribution in [0.3, 0.4) is 0 Å². The van der Waals surface area contributed by atoms with Gasteiger partial charge in [-0.3, -0.25) is 9.36 Å². The highest BCUT2D eigenvalue weighted by Gasteiger charge is 2.31. The molecule has 10 heteroatoms. The highest BCUT2D eigenvalue weighted by molar-refractivity contribution is 7.99. The average Bonchev–Trinajstić information content (AvgIpc) is 3.70. The molecule has 0 unspecified atom stereocenters. The van der Waals surface area contributed by atoms with Crippen molar-refractivity contribution in [3.05, 3.63) is 120 Å². The summed E-state index contributed by atoms with van der Waals surface area (Å²) in [5.41, 5.74) is 1.96. The van der Waals surface area contributed by atoms with Gasteiger partial charge in [-0.15, -0.1) is 10.2 Å².